The molecule has 2 aliphatic heterocycles. The third kappa shape index (κ3) is 2.44. The Morgan fingerprint density at radius 2 is 2.42 bits per heavy atom. The minimum atomic E-state index is -0.0296. The van der Waals surface area contributed by atoms with Crippen LogP contribution < -0.4 is 15.0 Å². The summed E-state index contributed by atoms with van der Waals surface area (Å²) < 4.78 is 5.26. The van der Waals surface area contributed by atoms with Crippen molar-refractivity contribution in [1.29, 1.82) is 0 Å². The summed E-state index contributed by atoms with van der Waals surface area (Å²) >= 11 is 1.78. The number of rotatable bonds is 2. The second-order valence-corrected chi connectivity index (χ2v) is 5.89. The molecule has 1 aromatic rings. The maximum absolute atomic E-state index is 12.5. The Hall–Kier alpha value is -1.20. The van der Waals surface area contributed by atoms with E-state index in [1.54, 1.807) is 18.9 Å². The molecule has 0 aromatic heterocycles. The van der Waals surface area contributed by atoms with Crippen LogP contribution in [0.3, 0.4) is 0 Å². The minimum Gasteiger partial charge on any atom is -0.497 e. The lowest BCUT2D eigenvalue weighted by Crippen LogP contribution is -2.47. The predicted octanol–water partition coefficient (Wildman–Crippen LogP) is 1.64. The van der Waals surface area contributed by atoms with Gasteiger partial charge in [0, 0.05) is 23.9 Å². The van der Waals surface area contributed by atoms with Crippen LogP contribution in [0, 0.1) is 0 Å². The molecule has 1 saturated heterocycles. The molecular weight excluding hydrogens is 260 g/mol. The van der Waals surface area contributed by atoms with Gasteiger partial charge in [-0.1, -0.05) is 0 Å². The number of nitrogens with one attached hydrogen (secondary N) is 1. The van der Waals surface area contributed by atoms with Crippen LogP contribution in [0.2, 0.25) is 0 Å². The van der Waals surface area contributed by atoms with Crippen LogP contribution in [-0.2, 0) is 11.2 Å². The molecule has 1 N–H and O–H groups in total. The number of hydrogen-bond donors (Lipinski definition) is 1. The number of aryl methyl sites for hydroxylation is 1. The zero-order valence-electron chi connectivity index (χ0n) is 11.0. The summed E-state index contributed by atoms with van der Waals surface area (Å²) in [6.07, 6.45) is 2.04. The van der Waals surface area contributed by atoms with Gasteiger partial charge in [0.15, 0.2) is 0 Å². The smallest absolute Gasteiger partial charge is 0.245 e. The fourth-order valence-corrected chi connectivity index (χ4v) is 3.60. The van der Waals surface area contributed by atoms with Crippen molar-refractivity contribution in [3.63, 3.8) is 0 Å². The lowest BCUT2D eigenvalue weighted by Gasteiger charge is -2.31. The molecule has 1 unspecified atom stereocenters. The van der Waals surface area contributed by atoms with Crippen LogP contribution >= 0.6 is 11.8 Å². The average molecular weight is 278 g/mol. The van der Waals surface area contributed by atoms with Crippen molar-refractivity contribution in [2.75, 3.05) is 30.2 Å². The van der Waals surface area contributed by atoms with E-state index in [1.807, 2.05) is 23.1 Å². The van der Waals surface area contributed by atoms with Gasteiger partial charge in [0.05, 0.1) is 13.2 Å². The van der Waals surface area contributed by atoms with Gasteiger partial charge in [0.1, 0.15) is 5.75 Å². The van der Waals surface area contributed by atoms with Crippen molar-refractivity contribution in [2.45, 2.75) is 18.9 Å². The van der Waals surface area contributed by atoms with Crippen LogP contribution in [-0.4, -0.2) is 37.2 Å². The maximum Gasteiger partial charge on any atom is 0.245 e. The highest BCUT2D eigenvalue weighted by atomic mass is 32.2. The highest BCUT2D eigenvalue weighted by molar-refractivity contribution is 7.99. The van der Waals surface area contributed by atoms with Gasteiger partial charge in [0.2, 0.25) is 5.91 Å². The Labute approximate surface area is 117 Å². The van der Waals surface area contributed by atoms with Crippen molar-refractivity contribution in [3.05, 3.63) is 23.8 Å². The molecule has 2 aliphatic rings. The van der Waals surface area contributed by atoms with Crippen LogP contribution in [0.25, 0.3) is 0 Å². The highest BCUT2D eigenvalue weighted by Gasteiger charge is 2.30. The van der Waals surface area contributed by atoms with Gasteiger partial charge in [-0.2, -0.15) is 0 Å². The molecule has 0 bridgehead atoms. The van der Waals surface area contributed by atoms with E-state index in [9.17, 15) is 4.79 Å². The Balaban J connectivity index is 1.87. The second kappa shape index (κ2) is 5.43. The molecule has 0 saturated carbocycles. The van der Waals surface area contributed by atoms with E-state index in [-0.39, 0.29) is 11.9 Å². The number of fused-ring (bicyclic) bond motifs is 1. The fourth-order valence-electron chi connectivity index (χ4n) is 2.67. The quantitative estimate of drug-likeness (QED) is 0.893. The molecule has 0 spiro atoms. The summed E-state index contributed by atoms with van der Waals surface area (Å²) in [6.45, 7) is 0.820. The molecule has 19 heavy (non-hydrogen) atoms. The van der Waals surface area contributed by atoms with Crippen LogP contribution in [0.1, 0.15) is 12.0 Å². The number of anilines is 1. The first-order valence-corrected chi connectivity index (χ1v) is 7.74. The molecule has 5 heteroatoms. The number of ether oxygens (including phenoxy) is 1. The van der Waals surface area contributed by atoms with Gasteiger partial charge in [-0.25, -0.2) is 0 Å². The lowest BCUT2D eigenvalue weighted by atomic mass is 10.0. The summed E-state index contributed by atoms with van der Waals surface area (Å²) in [5, 5.41) is 3.25. The van der Waals surface area contributed by atoms with Gasteiger partial charge in [0.25, 0.3) is 0 Å². The van der Waals surface area contributed by atoms with Crippen molar-refractivity contribution >= 4 is 23.4 Å². The molecule has 1 aromatic carbocycles. The van der Waals surface area contributed by atoms with Crippen molar-refractivity contribution in [3.8, 4) is 5.75 Å². The summed E-state index contributed by atoms with van der Waals surface area (Å²) in [4.78, 5) is 14.5. The molecular formula is C14H18N2O2S. The first-order chi connectivity index (χ1) is 9.29. The van der Waals surface area contributed by atoms with E-state index in [0.717, 1.165) is 42.5 Å². The molecule has 1 amide bonds. The van der Waals surface area contributed by atoms with E-state index >= 15 is 0 Å². The van der Waals surface area contributed by atoms with Crippen molar-refractivity contribution in [1.82, 2.24) is 5.32 Å². The molecule has 4 nitrogen and oxygen atoms in total. The Kier molecular flexibility index (Phi) is 3.66. The Bertz CT molecular complexity index is 486. The van der Waals surface area contributed by atoms with E-state index in [4.69, 9.17) is 4.74 Å². The standard InChI is InChI=1S/C14H18N2O2S/c1-18-11-4-5-13-10(7-11)3-2-6-16(13)14(17)12-8-19-9-15-12/h4-5,7,12,15H,2-3,6,8-9H2,1H3. The number of thioether (sulfide) groups is 1. The number of carbonyl (C=O) groups excluding carboxylic acids is 1. The molecule has 2 heterocycles. The minimum absolute atomic E-state index is 0.0296. The number of methoxy groups -OCH3 is 1. The molecule has 102 valence electrons. The summed E-state index contributed by atoms with van der Waals surface area (Å²) in [7, 11) is 1.67. The van der Waals surface area contributed by atoms with E-state index < -0.39 is 0 Å². The zero-order chi connectivity index (χ0) is 13.2. The van der Waals surface area contributed by atoms with Gasteiger partial charge < -0.3 is 9.64 Å². The number of nitrogens with zero attached hydrogens (tertiary/aromatic N) is 1. The molecule has 1 atom stereocenters. The average Bonchev–Trinajstić information content (AvgIpc) is 2.99. The molecule has 1 fully saturated rings. The van der Waals surface area contributed by atoms with Crippen LogP contribution in [0.5, 0.6) is 5.75 Å². The van der Waals surface area contributed by atoms with Gasteiger partial charge >= 0.3 is 0 Å². The largest absolute Gasteiger partial charge is 0.497 e. The van der Waals surface area contributed by atoms with Gasteiger partial charge in [-0.3, -0.25) is 10.1 Å². The van der Waals surface area contributed by atoms with Crippen molar-refractivity contribution < 1.29 is 9.53 Å². The lowest BCUT2D eigenvalue weighted by molar-refractivity contribution is -0.120. The first-order valence-electron chi connectivity index (χ1n) is 6.59. The number of amides is 1. The van der Waals surface area contributed by atoms with E-state index in [0.29, 0.717) is 0 Å². The van der Waals surface area contributed by atoms with Crippen LogP contribution in [0.15, 0.2) is 18.2 Å². The third-order valence-electron chi connectivity index (χ3n) is 3.69. The Morgan fingerprint density at radius 3 is 3.16 bits per heavy atom. The van der Waals surface area contributed by atoms with Crippen molar-refractivity contribution in [2.24, 2.45) is 0 Å². The first kappa shape index (κ1) is 12.8. The Morgan fingerprint density at radius 1 is 1.53 bits per heavy atom. The number of benzene rings is 1. The van der Waals surface area contributed by atoms with E-state index in [2.05, 4.69) is 5.32 Å². The molecule has 0 aliphatic carbocycles. The highest BCUT2D eigenvalue weighted by Crippen LogP contribution is 2.31. The summed E-state index contributed by atoms with van der Waals surface area (Å²) in [6, 6.07) is 5.96. The topological polar surface area (TPSA) is 41.6 Å². The SMILES string of the molecule is COc1ccc2c(c1)CCCN2C(=O)C1CSCN1. The summed E-state index contributed by atoms with van der Waals surface area (Å²) in [5.41, 5.74) is 2.26. The predicted molar refractivity (Wildman–Crippen MR) is 77.9 cm³/mol. The number of carbonyl (C=O) groups is 1. The maximum atomic E-state index is 12.5. The molecule has 3 rings (SSSR count). The second-order valence-electron chi connectivity index (χ2n) is 4.86. The van der Waals surface area contributed by atoms with Gasteiger partial charge in [-0.05, 0) is 36.6 Å². The monoisotopic (exact) mass is 278 g/mol. The normalized spacial score (nSPS) is 22.2. The van der Waals surface area contributed by atoms with E-state index in [1.165, 1.54) is 5.56 Å². The van der Waals surface area contributed by atoms with Gasteiger partial charge in [-0.15, -0.1) is 11.8 Å². The molecule has 0 radical (unpaired) electrons. The summed E-state index contributed by atoms with van der Waals surface area (Å²) in [5.74, 6) is 2.82. The fraction of sp³-hybridized carbons (Fsp3) is 0.500. The third-order valence-corrected chi connectivity index (χ3v) is 4.63. The zero-order valence-corrected chi connectivity index (χ0v) is 11.8. The number of hydrogen-bond acceptors (Lipinski definition) is 4. The van der Waals surface area contributed by atoms with Crippen LogP contribution in [0.4, 0.5) is 5.69 Å².